The molecule has 0 saturated heterocycles. The second-order valence-corrected chi connectivity index (χ2v) is 6.29. The van der Waals surface area contributed by atoms with Gasteiger partial charge in [0.25, 0.3) is 5.91 Å². The van der Waals surface area contributed by atoms with Gasteiger partial charge in [-0.15, -0.1) is 0 Å². The van der Waals surface area contributed by atoms with Crippen molar-refractivity contribution in [2.45, 2.75) is 13.0 Å². The standard InChI is InChI=1S/C23H22N2O3/c1-28-21-13-6-5-9-18(21)15-22(26)24-16-17-8-7-10-19(14-17)23(27)25-20-11-3-2-4-12-20/h2-14H,15-16H2,1H3,(H,24,26)(H,25,27). The summed E-state index contributed by atoms with van der Waals surface area (Å²) in [6, 6.07) is 23.9. The van der Waals surface area contributed by atoms with E-state index < -0.39 is 0 Å². The summed E-state index contributed by atoms with van der Waals surface area (Å²) in [7, 11) is 1.59. The number of nitrogens with one attached hydrogen (secondary N) is 2. The van der Waals surface area contributed by atoms with Crippen molar-refractivity contribution in [2.75, 3.05) is 12.4 Å². The van der Waals surface area contributed by atoms with E-state index in [0.29, 0.717) is 17.9 Å². The fourth-order valence-electron chi connectivity index (χ4n) is 2.83. The molecule has 3 aromatic carbocycles. The number of hydrogen-bond donors (Lipinski definition) is 2. The zero-order valence-corrected chi connectivity index (χ0v) is 15.6. The molecule has 0 atom stereocenters. The lowest BCUT2D eigenvalue weighted by atomic mass is 10.1. The Morgan fingerprint density at radius 2 is 1.64 bits per heavy atom. The van der Waals surface area contributed by atoms with E-state index >= 15 is 0 Å². The molecule has 0 aliphatic rings. The first-order valence-corrected chi connectivity index (χ1v) is 8.99. The van der Waals surface area contributed by atoms with E-state index in [1.54, 1.807) is 19.2 Å². The van der Waals surface area contributed by atoms with Crippen molar-refractivity contribution in [1.82, 2.24) is 5.32 Å². The van der Waals surface area contributed by atoms with Gasteiger partial charge in [0.15, 0.2) is 0 Å². The summed E-state index contributed by atoms with van der Waals surface area (Å²) < 4.78 is 5.28. The molecule has 3 rings (SSSR count). The molecule has 0 aliphatic heterocycles. The average Bonchev–Trinajstić information content (AvgIpc) is 2.73. The van der Waals surface area contributed by atoms with Crippen LogP contribution in [-0.2, 0) is 17.8 Å². The Bertz CT molecular complexity index is 955. The summed E-state index contributed by atoms with van der Waals surface area (Å²) in [5, 5.41) is 5.74. The molecule has 2 N–H and O–H groups in total. The molecule has 3 aromatic rings. The van der Waals surface area contributed by atoms with Crippen LogP contribution in [0.15, 0.2) is 78.9 Å². The van der Waals surface area contributed by atoms with E-state index in [4.69, 9.17) is 4.74 Å². The maximum Gasteiger partial charge on any atom is 0.255 e. The minimum absolute atomic E-state index is 0.108. The second-order valence-electron chi connectivity index (χ2n) is 6.29. The van der Waals surface area contributed by atoms with Gasteiger partial charge < -0.3 is 15.4 Å². The molecular weight excluding hydrogens is 352 g/mol. The number of hydrogen-bond acceptors (Lipinski definition) is 3. The van der Waals surface area contributed by atoms with Crippen LogP contribution in [0.5, 0.6) is 5.75 Å². The van der Waals surface area contributed by atoms with Crippen molar-refractivity contribution in [3.63, 3.8) is 0 Å². The summed E-state index contributed by atoms with van der Waals surface area (Å²) in [4.78, 5) is 24.7. The molecule has 0 spiro atoms. The third-order valence-electron chi connectivity index (χ3n) is 4.25. The van der Waals surface area contributed by atoms with Crippen LogP contribution >= 0.6 is 0 Å². The number of benzene rings is 3. The molecule has 0 bridgehead atoms. The molecule has 0 unspecified atom stereocenters. The number of carbonyl (C=O) groups excluding carboxylic acids is 2. The van der Waals surface area contributed by atoms with Crippen LogP contribution in [-0.4, -0.2) is 18.9 Å². The zero-order chi connectivity index (χ0) is 19.8. The predicted molar refractivity (Wildman–Crippen MR) is 109 cm³/mol. The number of para-hydroxylation sites is 2. The maximum atomic E-state index is 12.4. The third kappa shape index (κ3) is 5.20. The Balaban J connectivity index is 1.58. The first kappa shape index (κ1) is 19.2. The summed E-state index contributed by atoms with van der Waals surface area (Å²) in [5.41, 5.74) is 2.97. The van der Waals surface area contributed by atoms with Crippen LogP contribution in [0.3, 0.4) is 0 Å². The highest BCUT2D eigenvalue weighted by Gasteiger charge is 2.10. The Hall–Kier alpha value is -3.60. The van der Waals surface area contributed by atoms with E-state index in [-0.39, 0.29) is 18.2 Å². The minimum Gasteiger partial charge on any atom is -0.496 e. The summed E-state index contributed by atoms with van der Waals surface area (Å²) in [6.07, 6.45) is 0.234. The molecule has 5 heteroatoms. The number of rotatable bonds is 7. The van der Waals surface area contributed by atoms with Crippen LogP contribution in [0.1, 0.15) is 21.5 Å². The quantitative estimate of drug-likeness (QED) is 0.661. The van der Waals surface area contributed by atoms with Crippen molar-refractivity contribution < 1.29 is 14.3 Å². The maximum absolute atomic E-state index is 12.4. The molecule has 0 saturated carbocycles. The molecule has 0 aromatic heterocycles. The van der Waals surface area contributed by atoms with E-state index in [0.717, 1.165) is 16.8 Å². The van der Waals surface area contributed by atoms with Gasteiger partial charge in [-0.2, -0.15) is 0 Å². The van der Waals surface area contributed by atoms with Gasteiger partial charge in [0.2, 0.25) is 5.91 Å². The van der Waals surface area contributed by atoms with E-state index in [2.05, 4.69) is 10.6 Å². The van der Waals surface area contributed by atoms with Crippen molar-refractivity contribution in [1.29, 1.82) is 0 Å². The molecule has 28 heavy (non-hydrogen) atoms. The molecule has 0 fully saturated rings. The highest BCUT2D eigenvalue weighted by Crippen LogP contribution is 2.17. The second kappa shape index (κ2) is 9.37. The minimum atomic E-state index is -0.187. The number of amides is 2. The third-order valence-corrected chi connectivity index (χ3v) is 4.25. The lowest BCUT2D eigenvalue weighted by Crippen LogP contribution is -2.25. The van der Waals surface area contributed by atoms with E-state index in [9.17, 15) is 9.59 Å². The predicted octanol–water partition coefficient (Wildman–Crippen LogP) is 3.81. The molecule has 0 heterocycles. The molecule has 5 nitrogen and oxygen atoms in total. The van der Waals surface area contributed by atoms with Crippen LogP contribution in [0, 0.1) is 0 Å². The highest BCUT2D eigenvalue weighted by molar-refractivity contribution is 6.04. The normalized spacial score (nSPS) is 10.2. The van der Waals surface area contributed by atoms with E-state index in [1.807, 2.05) is 66.7 Å². The fraction of sp³-hybridized carbons (Fsp3) is 0.130. The molecule has 2 amide bonds. The number of ether oxygens (including phenoxy) is 1. The Kier molecular flexibility index (Phi) is 6.41. The zero-order valence-electron chi connectivity index (χ0n) is 15.6. The van der Waals surface area contributed by atoms with Gasteiger partial charge in [-0.3, -0.25) is 9.59 Å². The summed E-state index contributed by atoms with van der Waals surface area (Å²) in [5.74, 6) is 0.397. The van der Waals surface area contributed by atoms with Gasteiger partial charge >= 0.3 is 0 Å². The van der Waals surface area contributed by atoms with Gasteiger partial charge in [-0.25, -0.2) is 0 Å². The van der Waals surface area contributed by atoms with Crippen LogP contribution in [0.2, 0.25) is 0 Å². The van der Waals surface area contributed by atoms with Crippen molar-refractivity contribution in [2.24, 2.45) is 0 Å². The SMILES string of the molecule is COc1ccccc1CC(=O)NCc1cccc(C(=O)Nc2ccccc2)c1. The van der Waals surface area contributed by atoms with Gasteiger partial charge in [0, 0.05) is 23.4 Å². The fourth-order valence-corrected chi connectivity index (χ4v) is 2.83. The Morgan fingerprint density at radius 1 is 0.893 bits per heavy atom. The summed E-state index contributed by atoms with van der Waals surface area (Å²) in [6.45, 7) is 0.348. The smallest absolute Gasteiger partial charge is 0.255 e. The molecular formula is C23H22N2O3. The highest BCUT2D eigenvalue weighted by atomic mass is 16.5. The number of carbonyl (C=O) groups is 2. The molecule has 0 aliphatic carbocycles. The van der Waals surface area contributed by atoms with Crippen LogP contribution in [0.25, 0.3) is 0 Å². The number of anilines is 1. The van der Waals surface area contributed by atoms with Gasteiger partial charge in [0.1, 0.15) is 5.75 Å². The lowest BCUT2D eigenvalue weighted by Gasteiger charge is -2.10. The average molecular weight is 374 g/mol. The van der Waals surface area contributed by atoms with Crippen LogP contribution < -0.4 is 15.4 Å². The number of methoxy groups -OCH3 is 1. The lowest BCUT2D eigenvalue weighted by molar-refractivity contribution is -0.120. The molecule has 142 valence electrons. The monoisotopic (exact) mass is 374 g/mol. The largest absolute Gasteiger partial charge is 0.496 e. The van der Waals surface area contributed by atoms with Gasteiger partial charge in [-0.1, -0.05) is 48.5 Å². The van der Waals surface area contributed by atoms with Crippen molar-refractivity contribution in [3.8, 4) is 5.75 Å². The van der Waals surface area contributed by atoms with E-state index in [1.165, 1.54) is 0 Å². The van der Waals surface area contributed by atoms with Crippen molar-refractivity contribution >= 4 is 17.5 Å². The van der Waals surface area contributed by atoms with Gasteiger partial charge in [-0.05, 0) is 35.9 Å². The van der Waals surface area contributed by atoms with Crippen molar-refractivity contribution in [3.05, 3.63) is 95.6 Å². The molecule has 0 radical (unpaired) electrons. The summed E-state index contributed by atoms with van der Waals surface area (Å²) >= 11 is 0. The Morgan fingerprint density at radius 3 is 2.43 bits per heavy atom. The van der Waals surface area contributed by atoms with Gasteiger partial charge in [0.05, 0.1) is 13.5 Å². The Labute approximate surface area is 164 Å². The first-order valence-electron chi connectivity index (χ1n) is 8.99. The van der Waals surface area contributed by atoms with Crippen LogP contribution in [0.4, 0.5) is 5.69 Å². The topological polar surface area (TPSA) is 67.4 Å². The first-order chi connectivity index (χ1) is 13.7.